The molecule has 2 aromatic rings. The molecule has 1 N–H and O–H groups in total. The Kier molecular flexibility index (Phi) is 3.88. The Morgan fingerprint density at radius 2 is 2.23 bits per heavy atom. The predicted octanol–water partition coefficient (Wildman–Crippen LogP) is 1.90. The number of hydrogen-bond acceptors (Lipinski definition) is 6. The van der Waals surface area contributed by atoms with Gasteiger partial charge in [-0.05, 0) is 18.2 Å². The molecule has 0 unspecified atom stereocenters. The average Bonchev–Trinajstić information content (AvgIpc) is 2.88. The van der Waals surface area contributed by atoms with E-state index in [0.29, 0.717) is 37.6 Å². The van der Waals surface area contributed by atoms with E-state index in [-0.39, 0.29) is 4.90 Å². The number of halogens is 1. The van der Waals surface area contributed by atoms with Gasteiger partial charge in [-0.1, -0.05) is 5.16 Å². The average molecular weight is 326 g/mol. The molecular formula is C14H15FN2O4S. The molecule has 1 aliphatic rings. The molecule has 1 aliphatic heterocycles. The fraction of sp³-hybridized carbons (Fsp3) is 0.357. The largest absolute Gasteiger partial charge is 0.379 e. The van der Waals surface area contributed by atoms with Gasteiger partial charge in [0.25, 0.3) is 0 Å². The molecule has 2 heterocycles. The zero-order valence-corrected chi connectivity index (χ0v) is 12.7. The maximum absolute atomic E-state index is 13.6. The van der Waals surface area contributed by atoms with Gasteiger partial charge in [-0.2, -0.15) is 0 Å². The van der Waals surface area contributed by atoms with Crippen LogP contribution in [-0.4, -0.2) is 26.4 Å². The molecule has 0 saturated carbocycles. The number of hydrogen-bond donors (Lipinski definition) is 1. The predicted molar refractivity (Wildman–Crippen MR) is 76.7 cm³/mol. The number of ether oxygens (including phenoxy) is 1. The zero-order valence-electron chi connectivity index (χ0n) is 11.9. The first-order valence-electron chi connectivity index (χ1n) is 6.72. The van der Waals surface area contributed by atoms with Crippen LogP contribution in [-0.2, 0) is 34.1 Å². The first-order valence-corrected chi connectivity index (χ1v) is 8.62. The van der Waals surface area contributed by atoms with Crippen LogP contribution in [0.3, 0.4) is 0 Å². The molecule has 0 aliphatic carbocycles. The van der Waals surface area contributed by atoms with Crippen LogP contribution in [0, 0.1) is 5.82 Å². The Bertz CT molecular complexity index is 801. The van der Waals surface area contributed by atoms with Crippen molar-refractivity contribution in [3.63, 3.8) is 0 Å². The number of anilines is 1. The number of sulfone groups is 1. The van der Waals surface area contributed by atoms with Gasteiger partial charge >= 0.3 is 0 Å². The van der Waals surface area contributed by atoms with Crippen molar-refractivity contribution in [3.05, 3.63) is 41.0 Å². The summed E-state index contributed by atoms with van der Waals surface area (Å²) in [6, 6.07) is 3.88. The Hall–Kier alpha value is -1.93. The third kappa shape index (κ3) is 2.97. The third-order valence-corrected chi connectivity index (χ3v) is 4.57. The molecule has 1 aromatic carbocycles. The van der Waals surface area contributed by atoms with E-state index in [1.807, 2.05) is 0 Å². The summed E-state index contributed by atoms with van der Waals surface area (Å²) in [7, 11) is -3.61. The molecule has 8 heteroatoms. The Labute approximate surface area is 127 Å². The van der Waals surface area contributed by atoms with E-state index in [9.17, 15) is 12.8 Å². The van der Waals surface area contributed by atoms with E-state index in [2.05, 4.69) is 10.5 Å². The van der Waals surface area contributed by atoms with Crippen molar-refractivity contribution in [2.45, 2.75) is 24.5 Å². The molecule has 118 valence electrons. The second-order valence-electron chi connectivity index (χ2n) is 5.10. The Morgan fingerprint density at radius 3 is 3.00 bits per heavy atom. The van der Waals surface area contributed by atoms with Crippen LogP contribution in [0.15, 0.2) is 27.6 Å². The van der Waals surface area contributed by atoms with Crippen LogP contribution in [0.4, 0.5) is 10.1 Å². The van der Waals surface area contributed by atoms with Gasteiger partial charge in [-0.3, -0.25) is 0 Å². The molecule has 3 rings (SSSR count). The lowest BCUT2D eigenvalue weighted by Crippen LogP contribution is -2.11. The summed E-state index contributed by atoms with van der Waals surface area (Å²) in [6.45, 7) is 1.41. The second kappa shape index (κ2) is 5.69. The van der Waals surface area contributed by atoms with Gasteiger partial charge in [0, 0.05) is 23.9 Å². The quantitative estimate of drug-likeness (QED) is 0.924. The number of aromatic nitrogens is 1. The monoisotopic (exact) mass is 326 g/mol. The number of nitrogens with one attached hydrogen (secondary N) is 1. The maximum Gasteiger partial charge on any atom is 0.178 e. The summed E-state index contributed by atoms with van der Waals surface area (Å²) in [5.74, 6) is 0.0549. The molecular weight excluding hydrogens is 311 g/mol. The van der Waals surface area contributed by atoms with Crippen LogP contribution in [0.25, 0.3) is 0 Å². The minimum atomic E-state index is -3.61. The first kappa shape index (κ1) is 15.0. The highest BCUT2D eigenvalue weighted by Crippen LogP contribution is 2.23. The normalized spacial score (nSPS) is 14.6. The van der Waals surface area contributed by atoms with E-state index in [1.54, 1.807) is 0 Å². The zero-order chi connectivity index (χ0) is 15.7. The van der Waals surface area contributed by atoms with Gasteiger partial charge in [0.1, 0.15) is 22.2 Å². The number of benzene rings is 1. The van der Waals surface area contributed by atoms with Crippen LogP contribution in [0.1, 0.15) is 17.0 Å². The van der Waals surface area contributed by atoms with Gasteiger partial charge in [0.15, 0.2) is 9.84 Å². The van der Waals surface area contributed by atoms with Crippen LogP contribution >= 0.6 is 0 Å². The molecule has 0 atom stereocenters. The van der Waals surface area contributed by atoms with E-state index >= 15 is 0 Å². The molecule has 0 spiro atoms. The fourth-order valence-electron chi connectivity index (χ4n) is 2.30. The van der Waals surface area contributed by atoms with Crippen LogP contribution in [0.2, 0.25) is 0 Å². The second-order valence-corrected chi connectivity index (χ2v) is 7.09. The molecule has 0 bridgehead atoms. The van der Waals surface area contributed by atoms with Gasteiger partial charge in [-0.15, -0.1) is 0 Å². The van der Waals surface area contributed by atoms with Crippen LogP contribution in [0.5, 0.6) is 0 Å². The van der Waals surface area contributed by atoms with Gasteiger partial charge < -0.3 is 14.6 Å². The van der Waals surface area contributed by atoms with E-state index in [1.165, 1.54) is 12.1 Å². The van der Waals surface area contributed by atoms with Crippen molar-refractivity contribution < 1.29 is 22.1 Å². The van der Waals surface area contributed by atoms with Crippen molar-refractivity contribution in [2.75, 3.05) is 18.2 Å². The molecule has 0 radical (unpaired) electrons. The van der Waals surface area contributed by atoms with Gasteiger partial charge in [0.2, 0.25) is 0 Å². The maximum atomic E-state index is 13.6. The number of fused-ring (bicyclic) bond motifs is 1. The number of rotatable bonds is 4. The van der Waals surface area contributed by atoms with E-state index < -0.39 is 15.7 Å². The van der Waals surface area contributed by atoms with E-state index in [4.69, 9.17) is 9.26 Å². The van der Waals surface area contributed by atoms with Gasteiger partial charge in [0.05, 0.1) is 19.8 Å². The van der Waals surface area contributed by atoms with Crippen molar-refractivity contribution in [3.8, 4) is 0 Å². The molecule has 0 saturated heterocycles. The summed E-state index contributed by atoms with van der Waals surface area (Å²) in [6.07, 6.45) is 1.66. The molecule has 0 amide bonds. The summed E-state index contributed by atoms with van der Waals surface area (Å²) in [4.78, 5) is -0.331. The van der Waals surface area contributed by atoms with Crippen molar-refractivity contribution >= 4 is 15.5 Å². The highest BCUT2D eigenvalue weighted by molar-refractivity contribution is 7.90. The highest BCUT2D eigenvalue weighted by atomic mass is 32.2. The molecule has 22 heavy (non-hydrogen) atoms. The minimum absolute atomic E-state index is 0.331. The fourth-order valence-corrected chi connectivity index (χ4v) is 3.07. The lowest BCUT2D eigenvalue weighted by molar-refractivity contribution is 0.102. The Morgan fingerprint density at radius 1 is 1.41 bits per heavy atom. The Balaban J connectivity index is 1.79. The van der Waals surface area contributed by atoms with Crippen molar-refractivity contribution in [1.82, 2.24) is 5.16 Å². The summed E-state index contributed by atoms with van der Waals surface area (Å²) in [5.41, 5.74) is 2.12. The third-order valence-electron chi connectivity index (χ3n) is 3.46. The van der Waals surface area contributed by atoms with Gasteiger partial charge in [-0.25, -0.2) is 12.8 Å². The standard InChI is InChI=1S/C14H15FN2O4S/c1-22(18,19)14-6-9(2-3-11(14)15)16-7-12-10-8-20-5-4-13(10)21-17-12/h2-3,6,16H,4-5,7-8H2,1H3. The smallest absolute Gasteiger partial charge is 0.178 e. The molecule has 0 fully saturated rings. The minimum Gasteiger partial charge on any atom is -0.379 e. The lowest BCUT2D eigenvalue weighted by atomic mass is 10.1. The van der Waals surface area contributed by atoms with Crippen molar-refractivity contribution in [1.29, 1.82) is 0 Å². The lowest BCUT2D eigenvalue weighted by Gasteiger charge is -2.11. The first-order chi connectivity index (χ1) is 10.4. The highest BCUT2D eigenvalue weighted by Gasteiger charge is 2.20. The number of nitrogens with zero attached hydrogens (tertiary/aromatic N) is 1. The summed E-state index contributed by atoms with van der Waals surface area (Å²) in [5, 5.41) is 7.02. The van der Waals surface area contributed by atoms with Crippen molar-refractivity contribution in [2.24, 2.45) is 0 Å². The summed E-state index contributed by atoms with van der Waals surface area (Å²) < 4.78 is 47.2. The topological polar surface area (TPSA) is 81.4 Å². The summed E-state index contributed by atoms with van der Waals surface area (Å²) >= 11 is 0. The molecule has 6 nitrogen and oxygen atoms in total. The molecule has 1 aromatic heterocycles. The van der Waals surface area contributed by atoms with Crippen LogP contribution < -0.4 is 5.32 Å². The SMILES string of the molecule is CS(=O)(=O)c1cc(NCc2noc3c2COCC3)ccc1F. The van der Waals surface area contributed by atoms with E-state index in [0.717, 1.165) is 23.6 Å².